The fourth-order valence-electron chi connectivity index (χ4n) is 9.75. The van der Waals surface area contributed by atoms with Crippen LogP contribution in [0, 0.1) is 70.4 Å². The lowest BCUT2D eigenvalue weighted by atomic mass is 9.75. The maximum Gasteiger partial charge on any atom is 0.194 e. The summed E-state index contributed by atoms with van der Waals surface area (Å²) in [7, 11) is 0. The molecule has 0 atom stereocenters. The molecular weight excluding hydrogens is 867 g/mol. The molecule has 11 heteroatoms. The van der Waals surface area contributed by atoms with Gasteiger partial charge in [0.25, 0.3) is 0 Å². The summed E-state index contributed by atoms with van der Waals surface area (Å²) in [6, 6.07) is 18.3. The number of aliphatic hydroxyl groups is 2. The highest BCUT2D eigenvalue weighted by Crippen LogP contribution is 2.38. The fraction of sp³-hybridized carbons (Fsp3) is 0.554. The summed E-state index contributed by atoms with van der Waals surface area (Å²) in [5.74, 6) is -3.89. The highest BCUT2D eigenvalue weighted by atomic mass is 19.2. The lowest BCUT2D eigenvalue weighted by molar-refractivity contribution is -0.212. The second kappa shape index (κ2) is 29.8. The van der Waals surface area contributed by atoms with Gasteiger partial charge in [0, 0.05) is 37.9 Å². The van der Waals surface area contributed by atoms with E-state index in [-0.39, 0.29) is 45.8 Å². The standard InChI is InChI=1S/C27H33F3O2.C15H11F3O.C12H24O2.2CH4/c1-2-3-18-4-11-21(12-5-18)23-16-31-26(32-17-23)13-8-19-6-9-20(10-7-19)22-14-24(28)27(30)25(29)15-22;16-13-8-12(9-14(17)15(13)18)11-5-3-10(4-6-11)2-1-7-19;1-2-3-10-4-6-11(7-5-10)12(8-13)9-14;;/h6-7,9-10,14-15,18,21,23,26H,2-5,8,11-13,16-17H2,1H3;3-9H,1-2H2;10-14H,2-9H2,1H3;2*1H4. The molecule has 372 valence electrons. The van der Waals surface area contributed by atoms with Gasteiger partial charge in [-0.05, 0) is 120 Å². The third-order valence-electron chi connectivity index (χ3n) is 13.7. The minimum absolute atomic E-state index is 0. The molecule has 0 amide bonds. The van der Waals surface area contributed by atoms with Gasteiger partial charge < -0.3 is 24.5 Å². The molecule has 2 N–H and O–H groups in total. The number of rotatable bonds is 16. The highest BCUT2D eigenvalue weighted by molar-refractivity contribution is 5.65. The minimum atomic E-state index is -1.47. The number of hydrogen-bond acceptors (Lipinski definition) is 5. The van der Waals surface area contributed by atoms with Gasteiger partial charge in [-0.2, -0.15) is 0 Å². The largest absolute Gasteiger partial charge is 0.396 e. The van der Waals surface area contributed by atoms with E-state index in [2.05, 4.69) is 13.8 Å². The van der Waals surface area contributed by atoms with Crippen LogP contribution in [-0.4, -0.2) is 49.2 Å². The molecule has 0 radical (unpaired) electrons. The topological polar surface area (TPSA) is 76.0 Å². The molecule has 1 saturated heterocycles. The van der Waals surface area contributed by atoms with Crippen molar-refractivity contribution in [1.82, 2.24) is 0 Å². The van der Waals surface area contributed by atoms with Crippen molar-refractivity contribution in [3.63, 3.8) is 0 Å². The molecule has 0 unspecified atom stereocenters. The second-order valence-electron chi connectivity index (χ2n) is 18.3. The summed E-state index contributed by atoms with van der Waals surface area (Å²) >= 11 is 0. The van der Waals surface area contributed by atoms with E-state index in [1.807, 2.05) is 12.1 Å². The molecule has 1 aliphatic heterocycles. The Hall–Kier alpha value is -4.03. The average Bonchev–Trinajstić information content (AvgIpc) is 3.33. The third-order valence-corrected chi connectivity index (χ3v) is 13.7. The average molecular weight is 943 g/mol. The lowest BCUT2D eigenvalue weighted by Gasteiger charge is -2.37. The van der Waals surface area contributed by atoms with Crippen molar-refractivity contribution >= 4 is 6.29 Å². The van der Waals surface area contributed by atoms with E-state index in [1.165, 1.54) is 77.0 Å². The molecule has 2 saturated carbocycles. The van der Waals surface area contributed by atoms with Crippen molar-refractivity contribution in [1.29, 1.82) is 0 Å². The molecular formula is C56H76F6O5. The normalized spacial score (nSPS) is 21.4. The zero-order valence-electron chi connectivity index (χ0n) is 38.1. The Labute approximate surface area is 396 Å². The van der Waals surface area contributed by atoms with Gasteiger partial charge in [0.15, 0.2) is 41.2 Å². The first-order valence-corrected chi connectivity index (χ1v) is 23.8. The first kappa shape index (κ1) is 57.3. The quantitative estimate of drug-likeness (QED) is 0.0665. The SMILES string of the molecule is C.C.CCCC1CCC(C(CO)CO)CC1.CCCC1CCC(C2COC(CCc3ccc(-c4cc(F)c(F)c(F)c4)cc3)OC2)CC1.O=CCCc1ccc(-c2cc(F)c(F)c(F)c2)cc1. The van der Waals surface area contributed by atoms with E-state index in [9.17, 15) is 31.1 Å². The van der Waals surface area contributed by atoms with Gasteiger partial charge in [-0.1, -0.05) is 129 Å². The van der Waals surface area contributed by atoms with Crippen LogP contribution in [0.2, 0.25) is 0 Å². The number of carbonyl (C=O) groups is 1. The van der Waals surface area contributed by atoms with Gasteiger partial charge >= 0.3 is 0 Å². The van der Waals surface area contributed by atoms with Gasteiger partial charge in [-0.25, -0.2) is 26.3 Å². The maximum atomic E-state index is 13.5. The van der Waals surface area contributed by atoms with Gasteiger partial charge in [0.1, 0.15) is 6.29 Å². The maximum absolute atomic E-state index is 13.5. The molecule has 0 aromatic heterocycles. The van der Waals surface area contributed by atoms with E-state index >= 15 is 0 Å². The van der Waals surface area contributed by atoms with E-state index in [0.29, 0.717) is 41.4 Å². The summed E-state index contributed by atoms with van der Waals surface area (Å²) in [5.41, 5.74) is 3.89. The summed E-state index contributed by atoms with van der Waals surface area (Å²) in [5, 5.41) is 18.2. The van der Waals surface area contributed by atoms with Crippen LogP contribution in [0.4, 0.5) is 26.3 Å². The summed E-state index contributed by atoms with van der Waals surface area (Å²) in [6.45, 7) is 6.40. The van der Waals surface area contributed by atoms with E-state index in [1.54, 1.807) is 36.4 Å². The number of hydrogen-bond donors (Lipinski definition) is 2. The van der Waals surface area contributed by atoms with Crippen molar-refractivity contribution in [2.24, 2.45) is 35.5 Å². The van der Waals surface area contributed by atoms with E-state index in [4.69, 9.17) is 19.7 Å². The zero-order chi connectivity index (χ0) is 46.7. The molecule has 0 bridgehead atoms. The van der Waals surface area contributed by atoms with Crippen molar-refractivity contribution in [3.05, 3.63) is 119 Å². The summed E-state index contributed by atoms with van der Waals surface area (Å²) < 4.78 is 91.3. The van der Waals surface area contributed by atoms with Crippen molar-refractivity contribution < 1.29 is 50.8 Å². The molecule has 3 aliphatic rings. The number of aryl methyl sites for hydroxylation is 2. The van der Waals surface area contributed by atoms with Crippen LogP contribution < -0.4 is 0 Å². The molecule has 4 aromatic carbocycles. The predicted octanol–water partition coefficient (Wildman–Crippen LogP) is 14.7. The Morgan fingerprint density at radius 2 is 0.955 bits per heavy atom. The van der Waals surface area contributed by atoms with Crippen molar-refractivity contribution in [3.8, 4) is 22.3 Å². The van der Waals surface area contributed by atoms with Gasteiger partial charge in [-0.15, -0.1) is 0 Å². The smallest absolute Gasteiger partial charge is 0.194 e. The Bertz CT molecular complexity index is 1950. The number of aldehydes is 1. The number of carbonyl (C=O) groups excluding carboxylic acids is 1. The monoisotopic (exact) mass is 943 g/mol. The second-order valence-corrected chi connectivity index (χ2v) is 18.3. The van der Waals surface area contributed by atoms with Gasteiger partial charge in [0.2, 0.25) is 0 Å². The zero-order valence-corrected chi connectivity index (χ0v) is 38.1. The van der Waals surface area contributed by atoms with Crippen LogP contribution in [0.5, 0.6) is 0 Å². The summed E-state index contributed by atoms with van der Waals surface area (Å²) in [6.07, 6.45) is 18.9. The summed E-state index contributed by atoms with van der Waals surface area (Å²) in [4.78, 5) is 10.3. The van der Waals surface area contributed by atoms with Crippen LogP contribution in [0.3, 0.4) is 0 Å². The Morgan fingerprint density at radius 1 is 0.552 bits per heavy atom. The molecule has 1 heterocycles. The van der Waals surface area contributed by atoms with E-state index in [0.717, 1.165) is 85.5 Å². The molecule has 67 heavy (non-hydrogen) atoms. The highest BCUT2D eigenvalue weighted by Gasteiger charge is 2.32. The van der Waals surface area contributed by atoms with Crippen LogP contribution in [-0.2, 0) is 27.1 Å². The van der Waals surface area contributed by atoms with Gasteiger partial charge in [0.05, 0.1) is 13.2 Å². The number of benzene rings is 4. The van der Waals surface area contributed by atoms with Gasteiger partial charge in [-0.3, -0.25) is 0 Å². The molecule has 7 rings (SSSR count). The molecule has 0 spiro atoms. The number of aliphatic hydroxyl groups excluding tert-OH is 2. The Morgan fingerprint density at radius 3 is 1.34 bits per heavy atom. The number of ether oxygens (including phenoxy) is 2. The minimum Gasteiger partial charge on any atom is -0.396 e. The van der Waals surface area contributed by atoms with Crippen LogP contribution in [0.25, 0.3) is 22.3 Å². The Kier molecular flexibility index (Phi) is 25.5. The van der Waals surface area contributed by atoms with Crippen molar-refractivity contribution in [2.75, 3.05) is 26.4 Å². The lowest BCUT2D eigenvalue weighted by Crippen LogP contribution is -2.37. The van der Waals surface area contributed by atoms with E-state index < -0.39 is 34.9 Å². The fourth-order valence-corrected chi connectivity index (χ4v) is 9.75. The predicted molar refractivity (Wildman–Crippen MR) is 257 cm³/mol. The molecule has 4 aromatic rings. The first-order valence-electron chi connectivity index (χ1n) is 23.8. The van der Waals surface area contributed by atoms with Crippen LogP contribution in [0.1, 0.15) is 130 Å². The first-order chi connectivity index (χ1) is 31.5. The molecule has 5 nitrogen and oxygen atoms in total. The molecule has 3 fully saturated rings. The van der Waals surface area contributed by atoms with Crippen LogP contribution >= 0.6 is 0 Å². The molecule has 2 aliphatic carbocycles. The Balaban J connectivity index is 0.000000290. The van der Waals surface area contributed by atoms with Crippen molar-refractivity contribution in [2.45, 2.75) is 138 Å². The number of halogens is 6. The van der Waals surface area contributed by atoms with Crippen LogP contribution in [0.15, 0.2) is 72.8 Å². The third kappa shape index (κ3) is 17.5.